The predicted molar refractivity (Wildman–Crippen MR) is 114 cm³/mol. The van der Waals surface area contributed by atoms with Gasteiger partial charge in [-0.3, -0.25) is 9.97 Å². The Morgan fingerprint density at radius 1 is 0.967 bits per heavy atom. The maximum Gasteiger partial charge on any atom is 0.243 e. The first kappa shape index (κ1) is 20.5. The first-order valence-electron chi connectivity index (χ1n) is 9.95. The van der Waals surface area contributed by atoms with Crippen LogP contribution >= 0.6 is 0 Å². The van der Waals surface area contributed by atoms with Crippen LogP contribution in [0.2, 0.25) is 0 Å². The second kappa shape index (κ2) is 8.16. The molecule has 30 heavy (non-hydrogen) atoms. The van der Waals surface area contributed by atoms with E-state index in [2.05, 4.69) is 9.97 Å². The molecule has 6 nitrogen and oxygen atoms in total. The fourth-order valence-electron chi connectivity index (χ4n) is 3.52. The Hall–Kier alpha value is -2.77. The third-order valence-corrected chi connectivity index (χ3v) is 6.97. The number of aryl methyl sites for hydroxylation is 1. The van der Waals surface area contributed by atoms with Crippen LogP contribution in [0.1, 0.15) is 37.2 Å². The van der Waals surface area contributed by atoms with Gasteiger partial charge in [-0.15, -0.1) is 0 Å². The molecule has 0 saturated heterocycles. The van der Waals surface area contributed by atoms with Crippen LogP contribution in [0, 0.1) is 0 Å². The topological polar surface area (TPSA) is 72.4 Å². The summed E-state index contributed by atoms with van der Waals surface area (Å²) in [7, 11) is -3.76. The molecule has 1 aromatic carbocycles. The minimum absolute atomic E-state index is 0.167. The van der Waals surface area contributed by atoms with Crippen LogP contribution in [0.4, 0.5) is 0 Å². The van der Waals surface area contributed by atoms with E-state index in [0.717, 1.165) is 24.2 Å². The van der Waals surface area contributed by atoms with Crippen molar-refractivity contribution in [1.82, 2.24) is 14.3 Å². The molecular formula is C23H25N3O3S. The summed E-state index contributed by atoms with van der Waals surface area (Å²) < 4.78 is 34.6. The number of rotatable bonds is 6. The standard InChI is InChI=1S/C23H25N3O3S/c1-23(2)12-11-18-15-21(9-10-22(18)29-23)30(27,28)26(16-19-7-3-5-13-24-19)17-20-8-4-6-14-25-20/h3-10,13-15H,11-12,16-17H2,1-2H3. The number of hydrogen-bond donors (Lipinski definition) is 0. The van der Waals surface area contributed by atoms with Crippen molar-refractivity contribution in [2.75, 3.05) is 0 Å². The fourth-order valence-corrected chi connectivity index (χ4v) is 4.95. The molecule has 3 heterocycles. The number of ether oxygens (including phenoxy) is 1. The third kappa shape index (κ3) is 4.52. The Morgan fingerprint density at radius 3 is 2.17 bits per heavy atom. The number of pyridine rings is 2. The van der Waals surface area contributed by atoms with E-state index in [0.29, 0.717) is 11.4 Å². The molecule has 0 bridgehead atoms. The van der Waals surface area contributed by atoms with Gasteiger partial charge < -0.3 is 4.74 Å². The smallest absolute Gasteiger partial charge is 0.243 e. The summed E-state index contributed by atoms with van der Waals surface area (Å²) >= 11 is 0. The van der Waals surface area contributed by atoms with Crippen molar-refractivity contribution in [2.24, 2.45) is 0 Å². The Labute approximate surface area is 177 Å². The van der Waals surface area contributed by atoms with Crippen LogP contribution in [-0.2, 0) is 29.5 Å². The first-order valence-corrected chi connectivity index (χ1v) is 11.4. The Kier molecular flexibility index (Phi) is 5.58. The number of hydrogen-bond acceptors (Lipinski definition) is 5. The van der Waals surface area contributed by atoms with Crippen LogP contribution in [0.25, 0.3) is 0 Å². The van der Waals surface area contributed by atoms with Crippen LogP contribution in [-0.4, -0.2) is 28.3 Å². The van der Waals surface area contributed by atoms with Gasteiger partial charge in [-0.2, -0.15) is 4.31 Å². The largest absolute Gasteiger partial charge is 0.488 e. The summed E-state index contributed by atoms with van der Waals surface area (Å²) in [4.78, 5) is 8.87. The molecule has 7 heteroatoms. The van der Waals surface area contributed by atoms with Crippen LogP contribution < -0.4 is 4.74 Å². The van der Waals surface area contributed by atoms with Gasteiger partial charge in [0, 0.05) is 12.4 Å². The summed E-state index contributed by atoms with van der Waals surface area (Å²) in [5.41, 5.74) is 2.04. The summed E-state index contributed by atoms with van der Waals surface area (Å²) in [6.07, 6.45) is 4.96. The Bertz CT molecular complexity index is 1080. The fraction of sp³-hybridized carbons (Fsp3) is 0.304. The molecule has 0 N–H and O–H groups in total. The number of benzene rings is 1. The van der Waals surface area contributed by atoms with Gasteiger partial charge in [0.15, 0.2) is 0 Å². The minimum Gasteiger partial charge on any atom is -0.488 e. The zero-order valence-electron chi connectivity index (χ0n) is 17.2. The van der Waals surface area contributed by atoms with E-state index >= 15 is 0 Å². The van der Waals surface area contributed by atoms with Crippen molar-refractivity contribution in [2.45, 2.75) is 50.3 Å². The molecular weight excluding hydrogens is 398 g/mol. The lowest BCUT2D eigenvalue weighted by Crippen LogP contribution is -2.33. The monoisotopic (exact) mass is 423 g/mol. The second-order valence-corrected chi connectivity index (χ2v) is 9.98. The highest BCUT2D eigenvalue weighted by molar-refractivity contribution is 7.89. The number of sulfonamides is 1. The molecule has 4 rings (SSSR count). The van der Waals surface area contributed by atoms with E-state index in [1.165, 1.54) is 4.31 Å². The lowest BCUT2D eigenvalue weighted by molar-refractivity contribution is 0.0845. The van der Waals surface area contributed by atoms with E-state index in [9.17, 15) is 8.42 Å². The molecule has 0 aliphatic carbocycles. The summed E-state index contributed by atoms with van der Waals surface area (Å²) in [6.45, 7) is 4.42. The highest BCUT2D eigenvalue weighted by Gasteiger charge is 2.30. The number of nitrogens with zero attached hydrogens (tertiary/aromatic N) is 3. The molecule has 3 aromatic rings. The van der Waals surface area contributed by atoms with Gasteiger partial charge in [0.25, 0.3) is 0 Å². The van der Waals surface area contributed by atoms with Gasteiger partial charge in [0.1, 0.15) is 11.4 Å². The maximum absolute atomic E-state index is 13.6. The minimum atomic E-state index is -3.76. The zero-order valence-corrected chi connectivity index (χ0v) is 18.0. The molecule has 0 spiro atoms. The Balaban J connectivity index is 1.68. The van der Waals surface area contributed by atoms with Crippen molar-refractivity contribution in [3.8, 4) is 5.75 Å². The molecule has 156 valence electrons. The van der Waals surface area contributed by atoms with E-state index in [1.54, 1.807) is 30.6 Å². The van der Waals surface area contributed by atoms with E-state index in [4.69, 9.17) is 4.74 Å². The molecule has 0 fully saturated rings. The van der Waals surface area contributed by atoms with Crippen molar-refractivity contribution < 1.29 is 13.2 Å². The van der Waals surface area contributed by atoms with Crippen LogP contribution in [0.15, 0.2) is 71.9 Å². The summed E-state index contributed by atoms with van der Waals surface area (Å²) in [6, 6.07) is 16.1. The highest BCUT2D eigenvalue weighted by atomic mass is 32.2. The number of aromatic nitrogens is 2. The van der Waals surface area contributed by atoms with Gasteiger partial charge in [-0.25, -0.2) is 8.42 Å². The third-order valence-electron chi connectivity index (χ3n) is 5.18. The van der Waals surface area contributed by atoms with Crippen molar-refractivity contribution in [3.05, 3.63) is 83.9 Å². The first-order chi connectivity index (χ1) is 14.3. The van der Waals surface area contributed by atoms with Gasteiger partial charge in [-0.05, 0) is 74.7 Å². The quantitative estimate of drug-likeness (QED) is 0.600. The molecule has 0 radical (unpaired) electrons. The summed E-state index contributed by atoms with van der Waals surface area (Å²) in [5.74, 6) is 0.756. The molecule has 1 aliphatic rings. The molecule has 2 aromatic heterocycles. The van der Waals surface area contributed by atoms with Crippen molar-refractivity contribution in [1.29, 1.82) is 0 Å². The van der Waals surface area contributed by atoms with Crippen molar-refractivity contribution >= 4 is 10.0 Å². The number of fused-ring (bicyclic) bond motifs is 1. The van der Waals surface area contributed by atoms with Gasteiger partial charge in [0.05, 0.1) is 29.4 Å². The molecule has 0 unspecified atom stereocenters. The SMILES string of the molecule is CC1(C)CCc2cc(S(=O)(=O)N(Cc3ccccn3)Cc3ccccn3)ccc2O1. The second-order valence-electron chi connectivity index (χ2n) is 8.05. The van der Waals surface area contributed by atoms with E-state index < -0.39 is 10.0 Å². The average Bonchev–Trinajstić information content (AvgIpc) is 2.74. The lowest BCUT2D eigenvalue weighted by Gasteiger charge is -2.33. The maximum atomic E-state index is 13.6. The average molecular weight is 424 g/mol. The van der Waals surface area contributed by atoms with Gasteiger partial charge in [-0.1, -0.05) is 12.1 Å². The molecule has 0 saturated carbocycles. The lowest BCUT2D eigenvalue weighted by atomic mass is 9.94. The highest BCUT2D eigenvalue weighted by Crippen LogP contribution is 2.35. The van der Waals surface area contributed by atoms with Gasteiger partial charge in [0.2, 0.25) is 10.0 Å². The Morgan fingerprint density at radius 2 is 1.60 bits per heavy atom. The zero-order chi connectivity index (χ0) is 21.2. The van der Waals surface area contributed by atoms with Crippen LogP contribution in [0.5, 0.6) is 5.75 Å². The van der Waals surface area contributed by atoms with Crippen LogP contribution in [0.3, 0.4) is 0 Å². The van der Waals surface area contributed by atoms with E-state index in [-0.39, 0.29) is 23.6 Å². The van der Waals surface area contributed by atoms with Gasteiger partial charge >= 0.3 is 0 Å². The van der Waals surface area contributed by atoms with E-state index in [1.807, 2.05) is 50.2 Å². The predicted octanol–water partition coefficient (Wildman–Crippen LogP) is 3.97. The summed E-state index contributed by atoms with van der Waals surface area (Å²) in [5, 5.41) is 0. The van der Waals surface area contributed by atoms with Crippen molar-refractivity contribution in [3.63, 3.8) is 0 Å². The normalized spacial score (nSPS) is 15.4. The molecule has 0 amide bonds. The molecule has 1 aliphatic heterocycles. The molecule has 0 atom stereocenters.